The zero-order chi connectivity index (χ0) is 19.4. The average molecular weight is 360 g/mol. The van der Waals surface area contributed by atoms with Crippen LogP contribution in [0.2, 0.25) is 0 Å². The van der Waals surface area contributed by atoms with E-state index < -0.39 is 0 Å². The van der Waals surface area contributed by atoms with Gasteiger partial charge in [-0.1, -0.05) is 12.1 Å². The van der Waals surface area contributed by atoms with E-state index in [9.17, 15) is 9.59 Å². The molecule has 0 aliphatic rings. The molecule has 1 amide bonds. The van der Waals surface area contributed by atoms with Crippen LogP contribution in [-0.2, 0) is 0 Å². The number of aryl methyl sites for hydroxylation is 2. The number of benzene rings is 2. The van der Waals surface area contributed by atoms with Crippen molar-refractivity contribution in [1.82, 2.24) is 9.97 Å². The van der Waals surface area contributed by atoms with Gasteiger partial charge in [0.05, 0.1) is 12.4 Å². The van der Waals surface area contributed by atoms with Crippen molar-refractivity contribution in [2.75, 3.05) is 10.6 Å². The Labute approximate surface area is 157 Å². The molecule has 6 nitrogen and oxygen atoms in total. The Balaban J connectivity index is 1.68. The van der Waals surface area contributed by atoms with Gasteiger partial charge in [-0.25, -0.2) is 9.97 Å². The van der Waals surface area contributed by atoms with E-state index >= 15 is 0 Å². The molecule has 3 rings (SSSR count). The number of aromatic nitrogens is 2. The van der Waals surface area contributed by atoms with Gasteiger partial charge in [0.25, 0.3) is 5.91 Å². The zero-order valence-corrected chi connectivity index (χ0v) is 15.4. The first-order valence-electron chi connectivity index (χ1n) is 8.51. The Kier molecular flexibility index (Phi) is 5.26. The van der Waals surface area contributed by atoms with Crippen molar-refractivity contribution in [3.05, 3.63) is 77.2 Å². The van der Waals surface area contributed by atoms with Gasteiger partial charge in [-0.2, -0.15) is 0 Å². The van der Waals surface area contributed by atoms with Crippen LogP contribution in [0, 0.1) is 13.8 Å². The maximum absolute atomic E-state index is 12.4. The number of Topliss-reactive ketones (excluding diaryl/α,β-unsaturated/α-hetero) is 1. The lowest BCUT2D eigenvalue weighted by molar-refractivity contribution is 0.101. The van der Waals surface area contributed by atoms with Crippen molar-refractivity contribution in [2.24, 2.45) is 0 Å². The Morgan fingerprint density at radius 2 is 1.67 bits per heavy atom. The van der Waals surface area contributed by atoms with Gasteiger partial charge < -0.3 is 10.6 Å². The lowest BCUT2D eigenvalue weighted by Crippen LogP contribution is -2.15. The maximum atomic E-state index is 12.4. The molecule has 0 unspecified atom stereocenters. The van der Waals surface area contributed by atoms with Crippen molar-refractivity contribution in [1.29, 1.82) is 0 Å². The van der Waals surface area contributed by atoms with E-state index in [0.717, 1.165) is 22.5 Å². The number of nitrogens with one attached hydrogen (secondary N) is 2. The molecule has 0 saturated heterocycles. The number of rotatable bonds is 5. The first-order valence-corrected chi connectivity index (χ1v) is 8.51. The molecular weight excluding hydrogens is 340 g/mol. The van der Waals surface area contributed by atoms with E-state index in [-0.39, 0.29) is 17.4 Å². The van der Waals surface area contributed by atoms with E-state index in [1.54, 1.807) is 24.3 Å². The second-order valence-corrected chi connectivity index (χ2v) is 6.32. The van der Waals surface area contributed by atoms with Crippen LogP contribution in [0.15, 0.2) is 54.9 Å². The summed E-state index contributed by atoms with van der Waals surface area (Å²) in [4.78, 5) is 32.1. The molecule has 0 spiro atoms. The summed E-state index contributed by atoms with van der Waals surface area (Å²) in [5.41, 5.74) is 4.46. The van der Waals surface area contributed by atoms with Gasteiger partial charge in [-0.3, -0.25) is 9.59 Å². The van der Waals surface area contributed by atoms with Gasteiger partial charge >= 0.3 is 0 Å². The minimum atomic E-state index is -0.312. The monoisotopic (exact) mass is 360 g/mol. The third-order valence-corrected chi connectivity index (χ3v) is 4.09. The van der Waals surface area contributed by atoms with Gasteiger partial charge in [-0.15, -0.1) is 0 Å². The first-order chi connectivity index (χ1) is 12.9. The summed E-state index contributed by atoms with van der Waals surface area (Å²) in [6.07, 6.45) is 2.92. The summed E-state index contributed by atoms with van der Waals surface area (Å²) in [6.45, 7) is 5.43. The number of carbonyl (C=O) groups excluding carboxylic acids is 2. The SMILES string of the molecule is CC(=O)c1ccc(Nc2cnc(C(=O)Nc3cc(C)ccc3C)cn2)cc1. The van der Waals surface area contributed by atoms with Crippen molar-refractivity contribution < 1.29 is 9.59 Å². The fourth-order valence-corrected chi connectivity index (χ4v) is 2.50. The lowest BCUT2D eigenvalue weighted by Gasteiger charge is -2.09. The lowest BCUT2D eigenvalue weighted by atomic mass is 10.1. The molecule has 0 saturated carbocycles. The smallest absolute Gasteiger partial charge is 0.275 e. The van der Waals surface area contributed by atoms with Crippen LogP contribution in [0.3, 0.4) is 0 Å². The highest BCUT2D eigenvalue weighted by atomic mass is 16.2. The summed E-state index contributed by atoms with van der Waals surface area (Å²) in [5, 5.41) is 5.95. The summed E-state index contributed by atoms with van der Waals surface area (Å²) in [7, 11) is 0. The molecule has 0 aliphatic carbocycles. The Hall–Kier alpha value is -3.54. The topological polar surface area (TPSA) is 84.0 Å². The summed E-state index contributed by atoms with van der Waals surface area (Å²) >= 11 is 0. The third-order valence-electron chi connectivity index (χ3n) is 4.09. The van der Waals surface area contributed by atoms with Crippen molar-refractivity contribution >= 4 is 28.9 Å². The summed E-state index contributed by atoms with van der Waals surface area (Å²) in [5.74, 6) is 0.211. The number of anilines is 3. The highest BCUT2D eigenvalue weighted by molar-refractivity contribution is 6.03. The van der Waals surface area contributed by atoms with Gasteiger partial charge in [0.2, 0.25) is 0 Å². The minimum Gasteiger partial charge on any atom is -0.339 e. The summed E-state index contributed by atoms with van der Waals surface area (Å²) < 4.78 is 0. The molecular formula is C21H20N4O2. The normalized spacial score (nSPS) is 10.3. The number of carbonyl (C=O) groups is 2. The van der Waals surface area contributed by atoms with E-state index in [2.05, 4.69) is 20.6 Å². The molecule has 0 aliphatic heterocycles. The molecule has 3 aromatic rings. The van der Waals surface area contributed by atoms with Crippen LogP contribution in [0.1, 0.15) is 38.9 Å². The largest absolute Gasteiger partial charge is 0.339 e. The van der Waals surface area contributed by atoms with Crippen LogP contribution in [0.5, 0.6) is 0 Å². The zero-order valence-electron chi connectivity index (χ0n) is 15.4. The molecule has 0 radical (unpaired) electrons. The Morgan fingerprint density at radius 3 is 2.30 bits per heavy atom. The maximum Gasteiger partial charge on any atom is 0.275 e. The van der Waals surface area contributed by atoms with E-state index in [1.807, 2.05) is 32.0 Å². The van der Waals surface area contributed by atoms with Gasteiger partial charge in [-0.05, 0) is 62.2 Å². The van der Waals surface area contributed by atoms with Crippen LogP contribution in [-0.4, -0.2) is 21.7 Å². The van der Waals surface area contributed by atoms with Crippen molar-refractivity contribution in [2.45, 2.75) is 20.8 Å². The van der Waals surface area contributed by atoms with Crippen molar-refractivity contribution in [3.63, 3.8) is 0 Å². The molecule has 0 bridgehead atoms. The standard InChI is InChI=1S/C21H20N4O2/c1-13-4-5-14(2)18(10-13)25-21(27)19-11-23-20(12-22-19)24-17-8-6-16(7-9-17)15(3)26/h4-12H,1-3H3,(H,23,24)(H,25,27). The molecule has 27 heavy (non-hydrogen) atoms. The third kappa shape index (κ3) is 4.55. The van der Waals surface area contributed by atoms with E-state index in [0.29, 0.717) is 11.4 Å². The fourth-order valence-electron chi connectivity index (χ4n) is 2.50. The highest BCUT2D eigenvalue weighted by Gasteiger charge is 2.10. The molecule has 136 valence electrons. The van der Waals surface area contributed by atoms with Crippen LogP contribution in [0.25, 0.3) is 0 Å². The average Bonchev–Trinajstić information content (AvgIpc) is 2.65. The van der Waals surface area contributed by atoms with Gasteiger partial charge in [0.15, 0.2) is 5.78 Å². The van der Waals surface area contributed by atoms with Gasteiger partial charge in [0, 0.05) is 16.9 Å². The quantitative estimate of drug-likeness (QED) is 0.663. The Bertz CT molecular complexity index is 980. The fraction of sp³-hybridized carbons (Fsp3) is 0.143. The number of ketones is 1. The van der Waals surface area contributed by atoms with Gasteiger partial charge in [0.1, 0.15) is 11.5 Å². The second-order valence-electron chi connectivity index (χ2n) is 6.32. The number of nitrogens with zero attached hydrogens (tertiary/aromatic N) is 2. The van der Waals surface area contributed by atoms with Crippen molar-refractivity contribution in [3.8, 4) is 0 Å². The molecule has 1 heterocycles. The molecule has 0 atom stereocenters. The van der Waals surface area contributed by atoms with E-state index in [4.69, 9.17) is 0 Å². The molecule has 1 aromatic heterocycles. The summed E-state index contributed by atoms with van der Waals surface area (Å²) in [6, 6.07) is 12.9. The molecule has 2 N–H and O–H groups in total. The minimum absolute atomic E-state index is 0.0144. The van der Waals surface area contributed by atoms with Crippen LogP contribution >= 0.6 is 0 Å². The predicted molar refractivity (Wildman–Crippen MR) is 106 cm³/mol. The van der Waals surface area contributed by atoms with Crippen LogP contribution in [0.4, 0.5) is 17.2 Å². The van der Waals surface area contributed by atoms with E-state index in [1.165, 1.54) is 19.3 Å². The molecule has 0 fully saturated rings. The molecule has 6 heteroatoms. The Morgan fingerprint density at radius 1 is 0.926 bits per heavy atom. The highest BCUT2D eigenvalue weighted by Crippen LogP contribution is 2.18. The predicted octanol–water partition coefficient (Wildman–Crippen LogP) is 4.29. The van der Waals surface area contributed by atoms with Crippen LogP contribution < -0.4 is 10.6 Å². The number of amides is 1. The first kappa shape index (κ1) is 18.3. The number of hydrogen-bond acceptors (Lipinski definition) is 5. The number of hydrogen-bond donors (Lipinski definition) is 2. The second kappa shape index (κ2) is 7.78. The molecule has 2 aromatic carbocycles.